The van der Waals surface area contributed by atoms with Crippen molar-refractivity contribution in [3.8, 4) is 0 Å². The Labute approximate surface area is 193 Å². The first kappa shape index (κ1) is 22.8. The van der Waals surface area contributed by atoms with Gasteiger partial charge in [0.25, 0.3) is 0 Å². The first-order chi connectivity index (χ1) is 15.0. The predicted octanol–water partition coefficient (Wildman–Crippen LogP) is 4.55. The van der Waals surface area contributed by atoms with E-state index in [1.165, 1.54) is 0 Å². The number of ketones is 1. The monoisotopic (exact) mass is 442 g/mol. The van der Waals surface area contributed by atoms with Crippen molar-refractivity contribution in [3.05, 3.63) is 24.3 Å². The standard InChI is InChI=1S/C28H42O4/c1-15(2)16(3)7-8-17(4)19-9-10-20-18-13-23(31)28-24(32-28)12-11-22(30)27(28,6)25(18)21(29)14-26(19,20)5/h7-8,11-12,15-21,23-25,29,31H,9-10,13-14H2,1-6H3/b8-7+/t16-,17+,18-,19+,20-,21+,23+,24-,25+,26+,27+,28-/m0/s1. The lowest BCUT2D eigenvalue weighted by Gasteiger charge is -2.61. The first-order valence-corrected chi connectivity index (χ1v) is 12.9. The Morgan fingerprint density at radius 2 is 1.84 bits per heavy atom. The SMILES string of the molecule is CC(C)[C@@H](C)/C=C/[C@@H](C)[C@H]1CC[C@H]2[C@@H]3C[C@@H](O)[C@]45O[C@H]4C=CC(=O)[C@]5(C)[C@H]3[C@H](O)C[C@]12C. The van der Waals surface area contributed by atoms with Gasteiger partial charge in [0.05, 0.1) is 17.6 Å². The maximum Gasteiger partial charge on any atom is 0.164 e. The quantitative estimate of drug-likeness (QED) is 0.495. The van der Waals surface area contributed by atoms with Crippen LogP contribution in [-0.2, 0) is 9.53 Å². The van der Waals surface area contributed by atoms with E-state index >= 15 is 0 Å². The van der Waals surface area contributed by atoms with Gasteiger partial charge in [-0.1, -0.05) is 46.8 Å². The summed E-state index contributed by atoms with van der Waals surface area (Å²) in [5, 5.41) is 22.9. The van der Waals surface area contributed by atoms with Crippen LogP contribution in [0.3, 0.4) is 0 Å². The lowest BCUT2D eigenvalue weighted by Crippen LogP contribution is -2.68. The van der Waals surface area contributed by atoms with Gasteiger partial charge in [0.1, 0.15) is 11.7 Å². The van der Waals surface area contributed by atoms with Gasteiger partial charge in [0, 0.05) is 5.92 Å². The lowest BCUT2D eigenvalue weighted by atomic mass is 9.43. The van der Waals surface area contributed by atoms with Crippen LogP contribution in [0.4, 0.5) is 0 Å². The molecule has 0 unspecified atom stereocenters. The molecule has 0 radical (unpaired) electrons. The summed E-state index contributed by atoms with van der Waals surface area (Å²) in [5.41, 5.74) is -1.63. The smallest absolute Gasteiger partial charge is 0.164 e. The van der Waals surface area contributed by atoms with Crippen LogP contribution in [0.5, 0.6) is 0 Å². The molecule has 4 nitrogen and oxygen atoms in total. The minimum Gasteiger partial charge on any atom is -0.393 e. The average molecular weight is 443 g/mol. The van der Waals surface area contributed by atoms with E-state index < -0.39 is 23.2 Å². The summed E-state index contributed by atoms with van der Waals surface area (Å²) >= 11 is 0. The minimum absolute atomic E-state index is 0.0242. The third-order valence-electron chi connectivity index (χ3n) is 11.0. The summed E-state index contributed by atoms with van der Waals surface area (Å²) in [4.78, 5) is 13.3. The number of carbonyl (C=O) groups excluding carboxylic acids is 1. The van der Waals surface area contributed by atoms with E-state index in [4.69, 9.17) is 4.74 Å². The van der Waals surface area contributed by atoms with E-state index in [0.29, 0.717) is 36.0 Å². The number of ether oxygens (including phenoxy) is 1. The number of hydrogen-bond acceptors (Lipinski definition) is 4. The summed E-state index contributed by atoms with van der Waals surface area (Å²) in [6.45, 7) is 13.5. The Bertz CT molecular complexity index is 846. The molecule has 0 aromatic heterocycles. The number of aliphatic hydroxyl groups is 2. The van der Waals surface area contributed by atoms with E-state index in [1.54, 1.807) is 6.08 Å². The fraction of sp³-hybridized carbons (Fsp3) is 0.821. The van der Waals surface area contributed by atoms with E-state index in [2.05, 4.69) is 46.8 Å². The van der Waals surface area contributed by atoms with Crippen molar-refractivity contribution >= 4 is 5.78 Å². The fourth-order valence-electron chi connectivity index (χ4n) is 8.90. The molecule has 0 aromatic carbocycles. The zero-order valence-electron chi connectivity index (χ0n) is 20.6. The summed E-state index contributed by atoms with van der Waals surface area (Å²) in [7, 11) is 0. The highest BCUT2D eigenvalue weighted by Crippen LogP contribution is 2.72. The van der Waals surface area contributed by atoms with Gasteiger partial charge in [-0.25, -0.2) is 0 Å². The van der Waals surface area contributed by atoms with Gasteiger partial charge in [0.2, 0.25) is 0 Å². The minimum atomic E-state index is -0.841. The number of rotatable bonds is 4. The van der Waals surface area contributed by atoms with Gasteiger partial charge in [-0.3, -0.25) is 4.79 Å². The first-order valence-electron chi connectivity index (χ1n) is 12.9. The Balaban J connectivity index is 1.45. The van der Waals surface area contributed by atoms with Gasteiger partial charge in [-0.15, -0.1) is 0 Å². The molecule has 32 heavy (non-hydrogen) atoms. The molecule has 1 heterocycles. The number of hydrogen-bond donors (Lipinski definition) is 2. The second kappa shape index (κ2) is 7.26. The van der Waals surface area contributed by atoms with Crippen LogP contribution in [0.25, 0.3) is 0 Å². The molecule has 0 aromatic rings. The summed E-state index contributed by atoms with van der Waals surface area (Å²) in [6.07, 6.45) is 10.5. The van der Waals surface area contributed by atoms with Crippen molar-refractivity contribution in [2.45, 2.75) is 91.1 Å². The molecule has 1 aliphatic heterocycles. The van der Waals surface area contributed by atoms with Crippen LogP contribution < -0.4 is 0 Å². The van der Waals surface area contributed by atoms with Crippen LogP contribution in [0.1, 0.15) is 67.2 Å². The molecule has 178 valence electrons. The van der Waals surface area contributed by atoms with Gasteiger partial charge < -0.3 is 14.9 Å². The normalized spacial score (nSPS) is 53.5. The zero-order chi connectivity index (χ0) is 23.2. The number of carbonyl (C=O) groups is 1. The predicted molar refractivity (Wildman–Crippen MR) is 125 cm³/mol. The van der Waals surface area contributed by atoms with Crippen LogP contribution in [0.2, 0.25) is 0 Å². The van der Waals surface area contributed by atoms with Gasteiger partial charge in [-0.2, -0.15) is 0 Å². The molecule has 4 fully saturated rings. The van der Waals surface area contributed by atoms with Crippen molar-refractivity contribution < 1.29 is 19.7 Å². The maximum absolute atomic E-state index is 13.3. The van der Waals surface area contributed by atoms with Crippen LogP contribution >= 0.6 is 0 Å². The summed E-state index contributed by atoms with van der Waals surface area (Å²) in [5.74, 6) is 2.64. The molecule has 5 aliphatic rings. The highest BCUT2D eigenvalue weighted by Gasteiger charge is 2.80. The van der Waals surface area contributed by atoms with E-state index in [1.807, 2.05) is 13.0 Å². The topological polar surface area (TPSA) is 70.1 Å². The van der Waals surface area contributed by atoms with Crippen molar-refractivity contribution in [2.75, 3.05) is 0 Å². The lowest BCUT2D eigenvalue weighted by molar-refractivity contribution is -0.197. The van der Waals surface area contributed by atoms with Crippen molar-refractivity contribution in [3.63, 3.8) is 0 Å². The third kappa shape index (κ3) is 2.75. The Kier molecular flexibility index (Phi) is 5.18. The number of aliphatic hydroxyl groups excluding tert-OH is 2. The van der Waals surface area contributed by atoms with Crippen LogP contribution in [0.15, 0.2) is 24.3 Å². The Morgan fingerprint density at radius 1 is 1.12 bits per heavy atom. The fourth-order valence-corrected chi connectivity index (χ4v) is 8.90. The van der Waals surface area contributed by atoms with Crippen LogP contribution in [-0.4, -0.2) is 39.9 Å². The number of fused-ring (bicyclic) bond motifs is 4. The average Bonchev–Trinajstić information content (AvgIpc) is 3.37. The molecule has 1 saturated heterocycles. The van der Waals surface area contributed by atoms with Gasteiger partial charge >= 0.3 is 0 Å². The molecule has 4 aliphatic carbocycles. The molecular weight excluding hydrogens is 400 g/mol. The van der Waals surface area contributed by atoms with Crippen LogP contribution in [0, 0.1) is 52.3 Å². The Morgan fingerprint density at radius 3 is 2.53 bits per heavy atom. The molecule has 12 atom stereocenters. The van der Waals surface area contributed by atoms with Gasteiger partial charge in [-0.05, 0) is 85.7 Å². The number of allylic oxidation sites excluding steroid dienone is 3. The van der Waals surface area contributed by atoms with Gasteiger partial charge in [0.15, 0.2) is 5.78 Å². The van der Waals surface area contributed by atoms with Crippen molar-refractivity contribution in [2.24, 2.45) is 52.3 Å². The highest BCUT2D eigenvalue weighted by molar-refractivity contribution is 5.98. The van der Waals surface area contributed by atoms with E-state index in [-0.39, 0.29) is 29.1 Å². The second-order valence-electron chi connectivity index (χ2n) is 12.6. The maximum atomic E-state index is 13.3. The Hall–Kier alpha value is -0.970. The van der Waals surface area contributed by atoms with Crippen molar-refractivity contribution in [1.82, 2.24) is 0 Å². The summed E-state index contributed by atoms with van der Waals surface area (Å²) in [6, 6.07) is 0. The molecule has 0 bridgehead atoms. The number of epoxide rings is 1. The summed E-state index contributed by atoms with van der Waals surface area (Å²) < 4.78 is 6.04. The molecule has 1 spiro atoms. The third-order valence-corrected chi connectivity index (χ3v) is 11.0. The zero-order valence-corrected chi connectivity index (χ0v) is 20.6. The molecular formula is C28H42O4. The highest BCUT2D eigenvalue weighted by atomic mass is 16.6. The molecule has 2 N–H and O–H groups in total. The molecule has 3 saturated carbocycles. The molecule has 0 amide bonds. The second-order valence-corrected chi connectivity index (χ2v) is 12.6. The largest absolute Gasteiger partial charge is 0.393 e. The molecule has 5 rings (SSSR count). The molecule has 4 heteroatoms. The van der Waals surface area contributed by atoms with E-state index in [9.17, 15) is 15.0 Å². The van der Waals surface area contributed by atoms with E-state index in [0.717, 1.165) is 19.3 Å². The van der Waals surface area contributed by atoms with Crippen molar-refractivity contribution in [1.29, 1.82) is 0 Å².